The summed E-state index contributed by atoms with van der Waals surface area (Å²) in [7, 11) is 0. The maximum atomic E-state index is 6.23. The topological polar surface area (TPSA) is 34.1 Å². The molecule has 2 rings (SSSR count). The Bertz CT molecular complexity index is 565. The van der Waals surface area contributed by atoms with Crippen molar-refractivity contribution in [3.63, 3.8) is 0 Å². The van der Waals surface area contributed by atoms with E-state index in [1.54, 1.807) is 6.20 Å². The van der Waals surface area contributed by atoms with Gasteiger partial charge in [-0.25, -0.2) is 0 Å². The molecule has 112 valence electrons. The minimum absolute atomic E-state index is 0.0353. The van der Waals surface area contributed by atoms with Gasteiger partial charge in [-0.15, -0.1) is 0 Å². The van der Waals surface area contributed by atoms with E-state index < -0.39 is 0 Å². The van der Waals surface area contributed by atoms with Crippen LogP contribution in [0.3, 0.4) is 0 Å². The van der Waals surface area contributed by atoms with Gasteiger partial charge in [0.15, 0.2) is 5.75 Å². The molecule has 0 atom stereocenters. The molecule has 0 aliphatic heterocycles. The number of hydrogen-bond acceptors (Lipinski definition) is 3. The average Bonchev–Trinajstić information content (AvgIpc) is 2.44. The van der Waals surface area contributed by atoms with Crippen molar-refractivity contribution in [2.45, 2.75) is 33.0 Å². The molecule has 0 aliphatic carbocycles. The Morgan fingerprint density at radius 3 is 2.43 bits per heavy atom. The van der Waals surface area contributed by atoms with Crippen molar-refractivity contribution in [3.8, 4) is 5.75 Å². The molecule has 1 N–H and O–H groups in total. The number of pyridine rings is 1. The largest absolute Gasteiger partial charge is 0.488 e. The monoisotopic (exact) mass is 324 g/mol. The third-order valence-corrected chi connectivity index (χ3v) is 3.33. The highest BCUT2D eigenvalue weighted by Crippen LogP contribution is 2.34. The summed E-state index contributed by atoms with van der Waals surface area (Å²) in [4.78, 5) is 4.26. The van der Waals surface area contributed by atoms with Crippen LogP contribution in [0.5, 0.6) is 5.75 Å². The molecule has 0 saturated heterocycles. The average molecular weight is 325 g/mol. The first kappa shape index (κ1) is 16.1. The Kier molecular flexibility index (Phi) is 5.85. The number of nitrogens with zero attached hydrogens (tertiary/aromatic N) is 1. The molecule has 0 amide bonds. The number of benzene rings is 1. The molecule has 0 unspecified atom stereocenters. The molecule has 1 aromatic heterocycles. The smallest absolute Gasteiger partial charge is 0.156 e. The molecule has 1 heterocycles. The SMILES string of the molecule is CC(C)Oc1c(Cl)cc(CNCc2ccccn2)cc1Cl. The second kappa shape index (κ2) is 7.64. The van der Waals surface area contributed by atoms with Crippen molar-refractivity contribution in [1.82, 2.24) is 10.3 Å². The zero-order valence-corrected chi connectivity index (χ0v) is 13.6. The minimum Gasteiger partial charge on any atom is -0.488 e. The Hall–Kier alpha value is -1.29. The van der Waals surface area contributed by atoms with Gasteiger partial charge in [-0.2, -0.15) is 0 Å². The summed E-state index contributed by atoms with van der Waals surface area (Å²) in [5, 5.41) is 4.38. The summed E-state index contributed by atoms with van der Waals surface area (Å²) in [6.45, 7) is 5.24. The third-order valence-electron chi connectivity index (χ3n) is 2.77. The number of hydrogen-bond donors (Lipinski definition) is 1. The van der Waals surface area contributed by atoms with Crippen LogP contribution in [-0.2, 0) is 13.1 Å². The Balaban J connectivity index is 1.98. The van der Waals surface area contributed by atoms with Crippen molar-refractivity contribution in [1.29, 1.82) is 0 Å². The summed E-state index contributed by atoms with van der Waals surface area (Å²) >= 11 is 12.5. The first-order valence-corrected chi connectivity index (χ1v) is 7.57. The fourth-order valence-corrected chi connectivity index (χ4v) is 2.52. The van der Waals surface area contributed by atoms with E-state index in [-0.39, 0.29) is 6.10 Å². The first-order valence-electron chi connectivity index (χ1n) is 6.81. The van der Waals surface area contributed by atoms with Gasteiger partial charge >= 0.3 is 0 Å². The van der Waals surface area contributed by atoms with Crippen LogP contribution in [0.1, 0.15) is 25.1 Å². The lowest BCUT2D eigenvalue weighted by atomic mass is 10.2. The zero-order valence-electron chi connectivity index (χ0n) is 12.1. The predicted molar refractivity (Wildman–Crippen MR) is 87.0 cm³/mol. The van der Waals surface area contributed by atoms with Crippen LogP contribution in [0.25, 0.3) is 0 Å². The van der Waals surface area contributed by atoms with E-state index in [2.05, 4.69) is 10.3 Å². The second-order valence-electron chi connectivity index (χ2n) is 4.98. The van der Waals surface area contributed by atoms with Crippen LogP contribution in [0, 0.1) is 0 Å². The van der Waals surface area contributed by atoms with E-state index >= 15 is 0 Å². The number of halogens is 2. The minimum atomic E-state index is 0.0353. The van der Waals surface area contributed by atoms with Gasteiger partial charge in [0.05, 0.1) is 21.8 Å². The lowest BCUT2D eigenvalue weighted by Gasteiger charge is -2.14. The van der Waals surface area contributed by atoms with E-state index in [1.165, 1.54) is 0 Å². The highest BCUT2D eigenvalue weighted by Gasteiger charge is 2.11. The van der Waals surface area contributed by atoms with Gasteiger partial charge in [0, 0.05) is 19.3 Å². The molecule has 5 heteroatoms. The van der Waals surface area contributed by atoms with Gasteiger partial charge in [-0.1, -0.05) is 29.3 Å². The van der Waals surface area contributed by atoms with Gasteiger partial charge in [0.2, 0.25) is 0 Å². The molecular weight excluding hydrogens is 307 g/mol. The highest BCUT2D eigenvalue weighted by molar-refractivity contribution is 6.37. The number of aromatic nitrogens is 1. The Morgan fingerprint density at radius 1 is 1.14 bits per heavy atom. The van der Waals surface area contributed by atoms with E-state index in [9.17, 15) is 0 Å². The molecule has 0 bridgehead atoms. The molecule has 21 heavy (non-hydrogen) atoms. The molecule has 0 fully saturated rings. The van der Waals surface area contributed by atoms with E-state index in [4.69, 9.17) is 27.9 Å². The molecule has 0 aliphatic rings. The standard InChI is InChI=1S/C16H18Cl2N2O/c1-11(2)21-16-14(17)7-12(8-15(16)18)9-19-10-13-5-3-4-6-20-13/h3-8,11,19H,9-10H2,1-2H3. The van der Waals surface area contributed by atoms with Crippen LogP contribution in [0.15, 0.2) is 36.5 Å². The number of rotatable bonds is 6. The van der Waals surface area contributed by atoms with E-state index in [0.29, 0.717) is 28.9 Å². The Morgan fingerprint density at radius 2 is 1.86 bits per heavy atom. The lowest BCUT2D eigenvalue weighted by molar-refractivity contribution is 0.242. The van der Waals surface area contributed by atoms with Crippen LogP contribution < -0.4 is 10.1 Å². The van der Waals surface area contributed by atoms with Crippen molar-refractivity contribution in [2.24, 2.45) is 0 Å². The number of ether oxygens (including phenoxy) is 1. The molecule has 2 aromatic rings. The fraction of sp³-hybridized carbons (Fsp3) is 0.312. The normalized spacial score (nSPS) is 10.9. The van der Waals surface area contributed by atoms with Gasteiger partial charge in [-0.3, -0.25) is 4.98 Å². The fourth-order valence-electron chi connectivity index (χ4n) is 1.90. The number of nitrogens with one attached hydrogen (secondary N) is 1. The van der Waals surface area contributed by atoms with Gasteiger partial charge in [0.25, 0.3) is 0 Å². The molecule has 1 aromatic carbocycles. The Labute approximate surface area is 135 Å². The van der Waals surface area contributed by atoms with Gasteiger partial charge < -0.3 is 10.1 Å². The summed E-state index contributed by atoms with van der Waals surface area (Å²) in [6, 6.07) is 9.59. The quantitative estimate of drug-likeness (QED) is 0.851. The summed E-state index contributed by atoms with van der Waals surface area (Å²) < 4.78 is 5.61. The van der Waals surface area contributed by atoms with Crippen LogP contribution >= 0.6 is 23.2 Å². The van der Waals surface area contributed by atoms with Crippen molar-refractivity contribution in [3.05, 3.63) is 57.8 Å². The summed E-state index contributed by atoms with van der Waals surface area (Å²) in [5.41, 5.74) is 2.01. The third kappa shape index (κ3) is 4.88. The molecule has 0 saturated carbocycles. The summed E-state index contributed by atoms with van der Waals surface area (Å²) in [6.07, 6.45) is 1.82. The van der Waals surface area contributed by atoms with Gasteiger partial charge in [-0.05, 0) is 43.7 Å². The van der Waals surface area contributed by atoms with Crippen molar-refractivity contribution in [2.75, 3.05) is 0 Å². The molecule has 3 nitrogen and oxygen atoms in total. The van der Waals surface area contributed by atoms with E-state index in [1.807, 2.05) is 44.2 Å². The van der Waals surface area contributed by atoms with Gasteiger partial charge in [0.1, 0.15) is 0 Å². The maximum Gasteiger partial charge on any atom is 0.156 e. The highest BCUT2D eigenvalue weighted by atomic mass is 35.5. The van der Waals surface area contributed by atoms with Crippen molar-refractivity contribution >= 4 is 23.2 Å². The first-order chi connectivity index (χ1) is 10.1. The second-order valence-corrected chi connectivity index (χ2v) is 5.79. The van der Waals surface area contributed by atoms with Crippen LogP contribution in [0.4, 0.5) is 0 Å². The van der Waals surface area contributed by atoms with E-state index in [0.717, 1.165) is 11.3 Å². The predicted octanol–water partition coefficient (Wildman–Crippen LogP) is 4.47. The zero-order chi connectivity index (χ0) is 15.2. The molecule has 0 radical (unpaired) electrons. The lowest BCUT2D eigenvalue weighted by Crippen LogP contribution is -2.14. The van der Waals surface area contributed by atoms with Crippen molar-refractivity contribution < 1.29 is 4.74 Å². The summed E-state index contributed by atoms with van der Waals surface area (Å²) in [5.74, 6) is 0.543. The van der Waals surface area contributed by atoms with Crippen LogP contribution in [-0.4, -0.2) is 11.1 Å². The maximum absolute atomic E-state index is 6.23. The molecular formula is C16H18Cl2N2O. The molecule has 0 spiro atoms. The van der Waals surface area contributed by atoms with Crippen LogP contribution in [0.2, 0.25) is 10.0 Å².